The Kier molecular flexibility index (Phi) is 4.16. The van der Waals surface area contributed by atoms with E-state index in [9.17, 15) is 0 Å². The van der Waals surface area contributed by atoms with Crippen LogP contribution >= 0.6 is 0 Å². The number of methoxy groups -OCH3 is 1. The first-order chi connectivity index (χ1) is 9.76. The number of aryl methyl sites for hydroxylation is 1. The van der Waals surface area contributed by atoms with Gasteiger partial charge in [0.05, 0.1) is 7.11 Å². The highest BCUT2D eigenvalue weighted by Crippen LogP contribution is 2.35. The van der Waals surface area contributed by atoms with E-state index in [1.165, 1.54) is 36.8 Å². The molecule has 0 bridgehead atoms. The standard InChI is InChI=1S/C17H25NO2/c1-12-9-14-11-16(19-2)13(10-17(14)20-12)5-3-4-8-18-15-6-7-15/h10-12,15,18H,3-9H2,1-2H3. The summed E-state index contributed by atoms with van der Waals surface area (Å²) in [6.45, 7) is 3.27. The summed E-state index contributed by atoms with van der Waals surface area (Å²) in [5, 5.41) is 3.56. The first kappa shape index (κ1) is 13.7. The second-order valence-corrected chi connectivity index (χ2v) is 6.09. The highest BCUT2D eigenvalue weighted by atomic mass is 16.5. The molecule has 1 aromatic rings. The molecule has 0 aromatic heterocycles. The Balaban J connectivity index is 1.55. The van der Waals surface area contributed by atoms with Crippen LogP contribution < -0.4 is 14.8 Å². The molecule has 1 heterocycles. The summed E-state index contributed by atoms with van der Waals surface area (Å²) in [4.78, 5) is 0. The Bertz CT molecular complexity index is 468. The number of rotatable bonds is 7. The van der Waals surface area contributed by atoms with Crippen molar-refractivity contribution < 1.29 is 9.47 Å². The number of hydrogen-bond donors (Lipinski definition) is 1. The third kappa shape index (κ3) is 3.26. The third-order valence-corrected chi connectivity index (χ3v) is 4.18. The van der Waals surface area contributed by atoms with Gasteiger partial charge >= 0.3 is 0 Å². The van der Waals surface area contributed by atoms with Gasteiger partial charge < -0.3 is 14.8 Å². The molecule has 3 heteroatoms. The lowest BCUT2D eigenvalue weighted by molar-refractivity contribution is 0.254. The Hall–Kier alpha value is -1.22. The van der Waals surface area contributed by atoms with Crippen LogP contribution in [0.25, 0.3) is 0 Å². The lowest BCUT2D eigenvalue weighted by atomic mass is 10.0. The van der Waals surface area contributed by atoms with Crippen molar-refractivity contribution in [2.75, 3.05) is 13.7 Å². The average molecular weight is 275 g/mol. The van der Waals surface area contributed by atoms with Crippen molar-refractivity contribution in [3.8, 4) is 11.5 Å². The van der Waals surface area contributed by atoms with E-state index in [4.69, 9.17) is 9.47 Å². The zero-order valence-corrected chi connectivity index (χ0v) is 12.6. The van der Waals surface area contributed by atoms with Gasteiger partial charge in [0.2, 0.25) is 0 Å². The van der Waals surface area contributed by atoms with Crippen molar-refractivity contribution >= 4 is 0 Å². The highest BCUT2D eigenvalue weighted by molar-refractivity contribution is 5.48. The van der Waals surface area contributed by atoms with Crippen LogP contribution in [0.15, 0.2) is 12.1 Å². The Morgan fingerprint density at radius 1 is 1.30 bits per heavy atom. The molecule has 1 aromatic carbocycles. The maximum absolute atomic E-state index is 5.85. The van der Waals surface area contributed by atoms with E-state index in [2.05, 4.69) is 24.4 Å². The molecular weight excluding hydrogens is 250 g/mol. The fourth-order valence-corrected chi connectivity index (χ4v) is 2.90. The minimum atomic E-state index is 0.299. The average Bonchev–Trinajstić information content (AvgIpc) is 3.18. The number of unbranched alkanes of at least 4 members (excludes halogenated alkanes) is 1. The van der Waals surface area contributed by atoms with Gasteiger partial charge in [0.25, 0.3) is 0 Å². The van der Waals surface area contributed by atoms with Crippen molar-refractivity contribution in [1.29, 1.82) is 0 Å². The van der Waals surface area contributed by atoms with Crippen LogP contribution in [-0.4, -0.2) is 25.8 Å². The SMILES string of the molecule is COc1cc2c(cc1CCCCNC1CC1)OC(C)C2. The normalized spacial score (nSPS) is 20.6. The van der Waals surface area contributed by atoms with Crippen LogP contribution in [0.1, 0.15) is 43.7 Å². The van der Waals surface area contributed by atoms with Crippen molar-refractivity contribution in [1.82, 2.24) is 5.32 Å². The summed E-state index contributed by atoms with van der Waals surface area (Å²) in [5.74, 6) is 2.08. The second kappa shape index (κ2) is 6.04. The van der Waals surface area contributed by atoms with E-state index in [-0.39, 0.29) is 0 Å². The smallest absolute Gasteiger partial charge is 0.123 e. The largest absolute Gasteiger partial charge is 0.496 e. The molecule has 0 amide bonds. The number of hydrogen-bond acceptors (Lipinski definition) is 3. The van der Waals surface area contributed by atoms with Crippen LogP contribution in [0, 0.1) is 0 Å². The molecule has 1 atom stereocenters. The van der Waals surface area contributed by atoms with Gasteiger partial charge in [-0.25, -0.2) is 0 Å². The van der Waals surface area contributed by atoms with Gasteiger partial charge in [-0.2, -0.15) is 0 Å². The van der Waals surface area contributed by atoms with Crippen molar-refractivity contribution in [3.05, 3.63) is 23.3 Å². The monoisotopic (exact) mass is 275 g/mol. The predicted molar refractivity (Wildman–Crippen MR) is 80.8 cm³/mol. The maximum Gasteiger partial charge on any atom is 0.123 e. The Morgan fingerprint density at radius 2 is 2.15 bits per heavy atom. The van der Waals surface area contributed by atoms with E-state index in [0.29, 0.717) is 6.10 Å². The number of nitrogens with one attached hydrogen (secondary N) is 1. The molecule has 1 aliphatic heterocycles. The topological polar surface area (TPSA) is 30.5 Å². The second-order valence-electron chi connectivity index (χ2n) is 6.09. The highest BCUT2D eigenvalue weighted by Gasteiger charge is 2.22. The molecule has 1 saturated carbocycles. The minimum Gasteiger partial charge on any atom is -0.496 e. The summed E-state index contributed by atoms with van der Waals surface area (Å²) in [7, 11) is 1.76. The first-order valence-corrected chi connectivity index (χ1v) is 7.86. The molecule has 1 unspecified atom stereocenters. The maximum atomic E-state index is 5.85. The summed E-state index contributed by atoms with van der Waals surface area (Å²) < 4.78 is 11.4. The minimum absolute atomic E-state index is 0.299. The van der Waals surface area contributed by atoms with Crippen LogP contribution in [0.3, 0.4) is 0 Å². The molecule has 3 rings (SSSR count). The molecule has 0 saturated heterocycles. The summed E-state index contributed by atoms with van der Waals surface area (Å²) in [6, 6.07) is 5.17. The van der Waals surface area contributed by atoms with Crippen LogP contribution in [-0.2, 0) is 12.8 Å². The lowest BCUT2D eigenvalue weighted by Crippen LogP contribution is -2.17. The lowest BCUT2D eigenvalue weighted by Gasteiger charge is -2.11. The molecular formula is C17H25NO2. The number of benzene rings is 1. The van der Waals surface area contributed by atoms with Crippen molar-refractivity contribution in [2.45, 2.75) is 57.6 Å². The molecule has 1 fully saturated rings. The van der Waals surface area contributed by atoms with Gasteiger partial charge in [-0.1, -0.05) is 0 Å². The van der Waals surface area contributed by atoms with E-state index in [1.807, 2.05) is 0 Å². The zero-order valence-electron chi connectivity index (χ0n) is 12.6. The van der Waals surface area contributed by atoms with E-state index < -0.39 is 0 Å². The van der Waals surface area contributed by atoms with Crippen LogP contribution in [0.5, 0.6) is 11.5 Å². The van der Waals surface area contributed by atoms with E-state index in [1.54, 1.807) is 7.11 Å². The van der Waals surface area contributed by atoms with Crippen LogP contribution in [0.2, 0.25) is 0 Å². The van der Waals surface area contributed by atoms with Gasteiger partial charge in [-0.15, -0.1) is 0 Å². The molecule has 2 aliphatic rings. The van der Waals surface area contributed by atoms with Crippen LogP contribution in [0.4, 0.5) is 0 Å². The molecule has 0 spiro atoms. The zero-order chi connectivity index (χ0) is 13.9. The predicted octanol–water partition coefficient (Wildman–Crippen LogP) is 3.09. The summed E-state index contributed by atoms with van der Waals surface area (Å²) in [6.07, 6.45) is 7.53. The molecule has 3 nitrogen and oxygen atoms in total. The molecule has 110 valence electrons. The quantitative estimate of drug-likeness (QED) is 0.776. The van der Waals surface area contributed by atoms with Crippen molar-refractivity contribution in [3.63, 3.8) is 0 Å². The Labute approximate surface area is 121 Å². The third-order valence-electron chi connectivity index (χ3n) is 4.18. The number of ether oxygens (including phenoxy) is 2. The van der Waals surface area contributed by atoms with Crippen molar-refractivity contribution in [2.24, 2.45) is 0 Å². The van der Waals surface area contributed by atoms with Gasteiger partial charge in [-0.3, -0.25) is 0 Å². The van der Waals surface area contributed by atoms with Gasteiger partial charge in [0.1, 0.15) is 17.6 Å². The van der Waals surface area contributed by atoms with E-state index >= 15 is 0 Å². The fourth-order valence-electron chi connectivity index (χ4n) is 2.90. The van der Waals surface area contributed by atoms with E-state index in [0.717, 1.165) is 36.9 Å². The molecule has 0 radical (unpaired) electrons. The summed E-state index contributed by atoms with van der Waals surface area (Å²) >= 11 is 0. The fraction of sp³-hybridized carbons (Fsp3) is 0.647. The number of fused-ring (bicyclic) bond motifs is 1. The molecule has 20 heavy (non-hydrogen) atoms. The Morgan fingerprint density at radius 3 is 2.90 bits per heavy atom. The molecule has 1 N–H and O–H groups in total. The summed E-state index contributed by atoms with van der Waals surface area (Å²) in [5.41, 5.74) is 2.57. The van der Waals surface area contributed by atoms with Gasteiger partial charge in [0, 0.05) is 18.0 Å². The van der Waals surface area contributed by atoms with Gasteiger partial charge in [-0.05, 0) is 63.3 Å². The van der Waals surface area contributed by atoms with Gasteiger partial charge in [0.15, 0.2) is 0 Å². The molecule has 1 aliphatic carbocycles. The first-order valence-electron chi connectivity index (χ1n) is 7.86.